The summed E-state index contributed by atoms with van der Waals surface area (Å²) in [6, 6.07) is 8.45. The molecule has 1 aromatic carbocycles. The van der Waals surface area contributed by atoms with E-state index in [1.54, 1.807) is 0 Å². The van der Waals surface area contributed by atoms with Crippen LogP contribution < -0.4 is 10.6 Å². The fourth-order valence-electron chi connectivity index (χ4n) is 4.22. The number of nitrogens with one attached hydrogen (secondary N) is 2. The average Bonchev–Trinajstić information content (AvgIpc) is 2.68. The van der Waals surface area contributed by atoms with Gasteiger partial charge in [-0.3, -0.25) is 4.79 Å². The quantitative estimate of drug-likeness (QED) is 0.839. The van der Waals surface area contributed by atoms with Gasteiger partial charge in [-0.2, -0.15) is 0 Å². The predicted octanol–water partition coefficient (Wildman–Crippen LogP) is 4.05. The number of rotatable bonds is 4. The van der Waals surface area contributed by atoms with Gasteiger partial charge in [-0.05, 0) is 57.2 Å². The molecule has 2 aliphatic rings. The smallest absolute Gasteiger partial charge is 0.317 e. The summed E-state index contributed by atoms with van der Waals surface area (Å²) in [5, 5.41) is 6.18. The van der Waals surface area contributed by atoms with Crippen LogP contribution >= 0.6 is 0 Å². The standard InChI is InChI=1S/C22H33N3O2/c1-16(2)23-22(27)25-13-7-10-19(15-25)17-8-6-9-18(14-17)21(26)24-20-11-4-3-5-12-20/h6,8-9,14,16,19-20H,3-5,7,10-13,15H2,1-2H3,(H,23,27)(H,24,26). The van der Waals surface area contributed by atoms with Gasteiger partial charge in [-0.25, -0.2) is 4.79 Å². The molecule has 1 saturated heterocycles. The van der Waals surface area contributed by atoms with Crippen molar-refractivity contribution in [3.05, 3.63) is 35.4 Å². The van der Waals surface area contributed by atoms with Crippen LogP contribution in [0, 0.1) is 0 Å². The third-order valence-electron chi connectivity index (χ3n) is 5.68. The van der Waals surface area contributed by atoms with Crippen molar-refractivity contribution in [2.45, 2.75) is 76.8 Å². The highest BCUT2D eigenvalue weighted by atomic mass is 16.2. The second kappa shape index (κ2) is 9.25. The first kappa shape index (κ1) is 19.7. The number of hydrogen-bond acceptors (Lipinski definition) is 2. The summed E-state index contributed by atoms with van der Waals surface area (Å²) >= 11 is 0. The Morgan fingerprint density at radius 1 is 1.07 bits per heavy atom. The summed E-state index contributed by atoms with van der Waals surface area (Å²) in [7, 11) is 0. The van der Waals surface area contributed by atoms with Gasteiger partial charge in [0.05, 0.1) is 0 Å². The molecule has 0 spiro atoms. The van der Waals surface area contributed by atoms with E-state index in [2.05, 4.69) is 16.7 Å². The lowest BCUT2D eigenvalue weighted by molar-refractivity contribution is 0.0927. The molecule has 0 bridgehead atoms. The summed E-state index contributed by atoms with van der Waals surface area (Å²) in [5.74, 6) is 0.327. The first-order valence-electron chi connectivity index (χ1n) is 10.5. The molecule has 0 radical (unpaired) electrons. The van der Waals surface area contributed by atoms with Gasteiger partial charge in [-0.15, -0.1) is 0 Å². The highest BCUT2D eigenvalue weighted by Crippen LogP contribution is 2.28. The summed E-state index contributed by atoms with van der Waals surface area (Å²) < 4.78 is 0. The largest absolute Gasteiger partial charge is 0.349 e. The van der Waals surface area contributed by atoms with E-state index in [0.29, 0.717) is 18.5 Å². The highest BCUT2D eigenvalue weighted by molar-refractivity contribution is 5.94. The third kappa shape index (κ3) is 5.47. The molecule has 27 heavy (non-hydrogen) atoms. The topological polar surface area (TPSA) is 61.4 Å². The molecule has 2 fully saturated rings. The van der Waals surface area contributed by atoms with Gasteiger partial charge >= 0.3 is 6.03 Å². The van der Waals surface area contributed by atoms with E-state index in [-0.39, 0.29) is 18.0 Å². The molecule has 1 saturated carbocycles. The van der Waals surface area contributed by atoms with Gasteiger partial charge in [0, 0.05) is 36.7 Å². The second-order valence-electron chi connectivity index (χ2n) is 8.32. The molecule has 1 aromatic rings. The molecule has 148 valence electrons. The zero-order chi connectivity index (χ0) is 19.2. The van der Waals surface area contributed by atoms with Crippen molar-refractivity contribution in [3.63, 3.8) is 0 Å². The molecule has 1 aliphatic carbocycles. The Kier molecular flexibility index (Phi) is 6.75. The molecule has 3 rings (SSSR count). The first-order chi connectivity index (χ1) is 13.0. The number of hydrogen-bond donors (Lipinski definition) is 2. The highest BCUT2D eigenvalue weighted by Gasteiger charge is 2.25. The summed E-state index contributed by atoms with van der Waals surface area (Å²) in [6.45, 7) is 5.48. The number of amides is 3. The maximum atomic E-state index is 12.7. The van der Waals surface area contributed by atoms with E-state index >= 15 is 0 Å². The lowest BCUT2D eigenvalue weighted by Crippen LogP contribution is -2.47. The normalized spacial score (nSPS) is 21.1. The Balaban J connectivity index is 1.63. The molecule has 3 amide bonds. The molecule has 1 heterocycles. The van der Waals surface area contributed by atoms with Crippen LogP contribution in [0.5, 0.6) is 0 Å². The van der Waals surface area contributed by atoms with Crippen LogP contribution in [0.4, 0.5) is 4.79 Å². The minimum Gasteiger partial charge on any atom is -0.349 e. The summed E-state index contributed by atoms with van der Waals surface area (Å²) in [4.78, 5) is 26.9. The number of carbonyl (C=O) groups is 2. The van der Waals surface area contributed by atoms with E-state index in [1.165, 1.54) is 19.3 Å². The molecule has 0 aromatic heterocycles. The predicted molar refractivity (Wildman–Crippen MR) is 108 cm³/mol. The number of urea groups is 1. The number of likely N-dealkylation sites (tertiary alicyclic amines) is 1. The van der Waals surface area contributed by atoms with Crippen molar-refractivity contribution in [1.82, 2.24) is 15.5 Å². The Hall–Kier alpha value is -2.04. The number of piperidine rings is 1. The Labute approximate surface area is 162 Å². The monoisotopic (exact) mass is 371 g/mol. The maximum absolute atomic E-state index is 12.7. The lowest BCUT2D eigenvalue weighted by atomic mass is 9.89. The van der Waals surface area contributed by atoms with E-state index in [9.17, 15) is 9.59 Å². The Bertz CT molecular complexity index is 653. The van der Waals surface area contributed by atoms with Crippen molar-refractivity contribution >= 4 is 11.9 Å². The molecule has 2 N–H and O–H groups in total. The SMILES string of the molecule is CC(C)NC(=O)N1CCCC(c2cccc(C(=O)NC3CCCCC3)c2)C1. The van der Waals surface area contributed by atoms with Gasteiger partial charge in [0.2, 0.25) is 0 Å². The average molecular weight is 372 g/mol. The Morgan fingerprint density at radius 3 is 2.59 bits per heavy atom. The van der Waals surface area contributed by atoms with Gasteiger partial charge in [0.25, 0.3) is 5.91 Å². The van der Waals surface area contributed by atoms with Crippen LogP contribution in [0.1, 0.15) is 80.6 Å². The van der Waals surface area contributed by atoms with Crippen molar-refractivity contribution < 1.29 is 9.59 Å². The van der Waals surface area contributed by atoms with E-state index in [1.807, 2.05) is 36.9 Å². The molecule has 5 heteroatoms. The zero-order valence-electron chi connectivity index (χ0n) is 16.7. The number of benzene rings is 1. The van der Waals surface area contributed by atoms with Crippen LogP contribution in [0.15, 0.2) is 24.3 Å². The van der Waals surface area contributed by atoms with Crippen LogP contribution in [0.25, 0.3) is 0 Å². The van der Waals surface area contributed by atoms with Crippen LogP contribution in [-0.4, -0.2) is 42.0 Å². The first-order valence-corrected chi connectivity index (χ1v) is 10.5. The van der Waals surface area contributed by atoms with Gasteiger partial charge in [0.1, 0.15) is 0 Å². The maximum Gasteiger partial charge on any atom is 0.317 e. The summed E-state index contributed by atoms with van der Waals surface area (Å²) in [6.07, 6.45) is 7.93. The molecule has 1 atom stereocenters. The molecule has 1 unspecified atom stereocenters. The minimum atomic E-state index is 0.0147. The van der Waals surface area contributed by atoms with E-state index in [0.717, 1.165) is 43.4 Å². The third-order valence-corrected chi connectivity index (χ3v) is 5.68. The van der Waals surface area contributed by atoms with Crippen molar-refractivity contribution in [2.24, 2.45) is 0 Å². The zero-order valence-corrected chi connectivity index (χ0v) is 16.7. The fourth-order valence-corrected chi connectivity index (χ4v) is 4.22. The summed E-state index contributed by atoms with van der Waals surface area (Å²) in [5.41, 5.74) is 1.90. The molecule has 1 aliphatic heterocycles. The fraction of sp³-hybridized carbons (Fsp3) is 0.636. The van der Waals surface area contributed by atoms with Crippen molar-refractivity contribution in [1.29, 1.82) is 0 Å². The van der Waals surface area contributed by atoms with Gasteiger partial charge in [-0.1, -0.05) is 31.4 Å². The van der Waals surface area contributed by atoms with E-state index in [4.69, 9.17) is 0 Å². The molecular formula is C22H33N3O2. The van der Waals surface area contributed by atoms with Crippen molar-refractivity contribution in [2.75, 3.05) is 13.1 Å². The molecule has 5 nitrogen and oxygen atoms in total. The second-order valence-corrected chi connectivity index (χ2v) is 8.32. The van der Waals surface area contributed by atoms with Gasteiger partial charge in [0.15, 0.2) is 0 Å². The van der Waals surface area contributed by atoms with Gasteiger partial charge < -0.3 is 15.5 Å². The molecular weight excluding hydrogens is 338 g/mol. The van der Waals surface area contributed by atoms with Crippen LogP contribution in [0.3, 0.4) is 0 Å². The minimum absolute atomic E-state index is 0.0147. The Morgan fingerprint density at radius 2 is 1.85 bits per heavy atom. The van der Waals surface area contributed by atoms with Crippen LogP contribution in [-0.2, 0) is 0 Å². The number of carbonyl (C=O) groups excluding carboxylic acids is 2. The van der Waals surface area contributed by atoms with E-state index < -0.39 is 0 Å². The van der Waals surface area contributed by atoms with Crippen molar-refractivity contribution in [3.8, 4) is 0 Å². The number of nitrogens with zero attached hydrogens (tertiary/aromatic N) is 1. The van der Waals surface area contributed by atoms with Crippen LogP contribution in [0.2, 0.25) is 0 Å². The lowest BCUT2D eigenvalue weighted by Gasteiger charge is -2.33.